The predicted molar refractivity (Wildman–Crippen MR) is 147 cm³/mol. The van der Waals surface area contributed by atoms with Gasteiger partial charge >= 0.3 is 5.97 Å². The van der Waals surface area contributed by atoms with Gasteiger partial charge in [-0.05, 0) is 42.5 Å². The van der Waals surface area contributed by atoms with E-state index in [1.807, 2.05) is 17.0 Å². The molecule has 1 amide bonds. The zero-order valence-electron chi connectivity index (χ0n) is 22.7. The van der Waals surface area contributed by atoms with E-state index < -0.39 is 11.9 Å². The van der Waals surface area contributed by atoms with Crippen LogP contribution in [0.4, 0.5) is 0 Å². The largest absolute Gasteiger partial charge is 0.493 e. The number of fused-ring (bicyclic) bond motifs is 1. The summed E-state index contributed by atoms with van der Waals surface area (Å²) in [6, 6.07) is 10.7. The molecule has 4 rings (SSSR count). The Kier molecular flexibility index (Phi) is 9.61. The summed E-state index contributed by atoms with van der Waals surface area (Å²) in [5.41, 5.74) is 1.98. The number of ether oxygens (including phenoxy) is 1. The molecule has 1 fully saturated rings. The highest BCUT2D eigenvalue weighted by atomic mass is 16.5. The van der Waals surface area contributed by atoms with E-state index in [1.54, 1.807) is 22.9 Å². The smallest absolute Gasteiger partial charge is 0.308 e. The number of nitrogens with zero attached hydrogens (tertiary/aromatic N) is 3. The van der Waals surface area contributed by atoms with Gasteiger partial charge < -0.3 is 19.3 Å². The summed E-state index contributed by atoms with van der Waals surface area (Å²) >= 11 is 0. The van der Waals surface area contributed by atoms with Crippen LogP contribution in [-0.2, 0) is 22.6 Å². The maximum absolute atomic E-state index is 13.5. The second-order valence-corrected chi connectivity index (χ2v) is 10.5. The van der Waals surface area contributed by atoms with E-state index in [1.165, 1.54) is 6.07 Å². The van der Waals surface area contributed by atoms with Gasteiger partial charge in [0.25, 0.3) is 0 Å². The van der Waals surface area contributed by atoms with Crippen molar-refractivity contribution in [3.8, 4) is 5.75 Å². The predicted octanol–water partition coefficient (Wildman–Crippen LogP) is 3.77. The third-order valence-electron chi connectivity index (χ3n) is 7.99. The Morgan fingerprint density at radius 1 is 1.11 bits per heavy atom. The summed E-state index contributed by atoms with van der Waals surface area (Å²) in [5.74, 6) is -0.860. The van der Waals surface area contributed by atoms with Gasteiger partial charge in [0.05, 0.1) is 19.1 Å². The SMILES string of the molecule is CCCCN(CCCC)C(=O)CN1C[C@H](c2ccc3c(c2)CCO3)[C@@H](C(=O)O)[C@@H]1CCn1ccccc1=O. The number of unbranched alkanes of at least 4 members (excludes halogenated alkanes) is 2. The van der Waals surface area contributed by atoms with Gasteiger partial charge in [-0.2, -0.15) is 0 Å². The molecule has 0 unspecified atom stereocenters. The summed E-state index contributed by atoms with van der Waals surface area (Å²) in [6.45, 7) is 7.42. The maximum atomic E-state index is 13.5. The van der Waals surface area contributed by atoms with Gasteiger partial charge in [0.2, 0.25) is 11.5 Å². The highest BCUT2D eigenvalue weighted by molar-refractivity contribution is 5.79. The van der Waals surface area contributed by atoms with E-state index in [-0.39, 0.29) is 30.0 Å². The lowest BCUT2D eigenvalue weighted by Crippen LogP contribution is -2.45. The van der Waals surface area contributed by atoms with Crippen molar-refractivity contribution < 1.29 is 19.4 Å². The number of likely N-dealkylation sites (tertiary alicyclic amines) is 1. The highest BCUT2D eigenvalue weighted by Gasteiger charge is 2.47. The van der Waals surface area contributed by atoms with Crippen molar-refractivity contribution >= 4 is 11.9 Å². The Labute approximate surface area is 225 Å². The third kappa shape index (κ3) is 6.46. The molecule has 0 bridgehead atoms. The maximum Gasteiger partial charge on any atom is 0.308 e. The second-order valence-electron chi connectivity index (χ2n) is 10.5. The number of benzene rings is 1. The average Bonchev–Trinajstić information content (AvgIpc) is 3.52. The number of aliphatic carboxylic acids is 1. The van der Waals surface area contributed by atoms with Gasteiger partial charge in [-0.1, -0.05) is 44.9 Å². The summed E-state index contributed by atoms with van der Waals surface area (Å²) in [7, 11) is 0. The van der Waals surface area contributed by atoms with Crippen molar-refractivity contribution in [2.75, 3.05) is 32.8 Å². The monoisotopic (exact) mass is 523 g/mol. The molecule has 2 aliphatic heterocycles. The number of hydrogen-bond donors (Lipinski definition) is 1. The van der Waals surface area contributed by atoms with Crippen LogP contribution in [0.1, 0.15) is 63.0 Å². The fourth-order valence-corrected chi connectivity index (χ4v) is 5.88. The molecule has 206 valence electrons. The fraction of sp³-hybridized carbons (Fsp3) is 0.567. The number of carboxylic acid groups (broad SMARTS) is 1. The van der Waals surface area contributed by atoms with Crippen molar-refractivity contribution in [1.82, 2.24) is 14.4 Å². The molecule has 38 heavy (non-hydrogen) atoms. The summed E-state index contributed by atoms with van der Waals surface area (Å²) in [6.07, 6.45) is 6.96. The Morgan fingerprint density at radius 2 is 1.87 bits per heavy atom. The van der Waals surface area contributed by atoms with Crippen LogP contribution >= 0.6 is 0 Å². The van der Waals surface area contributed by atoms with Crippen LogP contribution in [0, 0.1) is 5.92 Å². The molecule has 0 saturated carbocycles. The summed E-state index contributed by atoms with van der Waals surface area (Å²) < 4.78 is 7.28. The van der Waals surface area contributed by atoms with Crippen molar-refractivity contribution in [2.45, 2.75) is 70.9 Å². The van der Waals surface area contributed by atoms with Gasteiger partial charge in [-0.3, -0.25) is 19.3 Å². The van der Waals surface area contributed by atoms with E-state index >= 15 is 0 Å². The zero-order valence-corrected chi connectivity index (χ0v) is 22.7. The molecule has 0 radical (unpaired) electrons. The topological polar surface area (TPSA) is 92.1 Å². The summed E-state index contributed by atoms with van der Waals surface area (Å²) in [5, 5.41) is 10.4. The van der Waals surface area contributed by atoms with Crippen LogP contribution in [-0.4, -0.2) is 70.2 Å². The molecule has 1 N–H and O–H groups in total. The number of aromatic nitrogens is 1. The first-order valence-electron chi connectivity index (χ1n) is 14.1. The van der Waals surface area contributed by atoms with Crippen LogP contribution in [0.3, 0.4) is 0 Å². The van der Waals surface area contributed by atoms with E-state index in [2.05, 4.69) is 24.8 Å². The Bertz CT molecular complexity index is 1150. The molecule has 8 heteroatoms. The molecule has 2 aromatic rings. The van der Waals surface area contributed by atoms with E-state index in [9.17, 15) is 19.5 Å². The van der Waals surface area contributed by atoms with Gasteiger partial charge in [-0.15, -0.1) is 0 Å². The minimum Gasteiger partial charge on any atom is -0.493 e. The lowest BCUT2D eigenvalue weighted by atomic mass is 9.83. The number of carbonyl (C=O) groups is 2. The molecule has 1 aromatic carbocycles. The standard InChI is InChI=1S/C30H41N3O5/c1-3-5-14-31(15-6-4-2)28(35)21-33-20-24(22-10-11-26-23(19-22)13-18-38-26)29(30(36)37)25(33)12-17-32-16-8-7-9-27(32)34/h7-11,16,19,24-25,29H,3-6,12-15,17-18,20-21H2,1-2H3,(H,36,37)/t24-,25+,29-/m1/s1. The normalized spacial score (nSPS) is 20.7. The van der Waals surface area contributed by atoms with Crippen molar-refractivity contribution in [1.29, 1.82) is 0 Å². The fourth-order valence-electron chi connectivity index (χ4n) is 5.88. The minimum absolute atomic E-state index is 0.0564. The first-order valence-corrected chi connectivity index (χ1v) is 14.1. The highest BCUT2D eigenvalue weighted by Crippen LogP contribution is 2.41. The molecular weight excluding hydrogens is 482 g/mol. The molecule has 0 spiro atoms. The lowest BCUT2D eigenvalue weighted by molar-refractivity contribution is -0.144. The van der Waals surface area contributed by atoms with Crippen LogP contribution in [0.25, 0.3) is 0 Å². The van der Waals surface area contributed by atoms with Crippen molar-refractivity contribution in [3.05, 3.63) is 64.1 Å². The molecule has 1 saturated heterocycles. The number of hydrogen-bond acceptors (Lipinski definition) is 5. The second kappa shape index (κ2) is 13.1. The van der Waals surface area contributed by atoms with Crippen LogP contribution < -0.4 is 10.3 Å². The van der Waals surface area contributed by atoms with Gasteiger partial charge in [-0.25, -0.2) is 0 Å². The number of aryl methyl sites for hydroxylation is 1. The lowest BCUT2D eigenvalue weighted by Gasteiger charge is -2.30. The molecule has 3 heterocycles. The molecule has 1 aromatic heterocycles. The molecule has 3 atom stereocenters. The molecular formula is C30H41N3O5. The van der Waals surface area contributed by atoms with Gasteiger partial charge in [0.1, 0.15) is 5.75 Å². The number of carboxylic acids is 1. The number of amides is 1. The quantitative estimate of drug-likeness (QED) is 0.430. The minimum atomic E-state index is -0.860. The van der Waals surface area contributed by atoms with E-state index in [0.29, 0.717) is 26.1 Å². The Balaban J connectivity index is 1.61. The molecule has 0 aliphatic carbocycles. The first kappa shape index (κ1) is 27.9. The van der Waals surface area contributed by atoms with Crippen molar-refractivity contribution in [3.63, 3.8) is 0 Å². The van der Waals surface area contributed by atoms with Crippen LogP contribution in [0.15, 0.2) is 47.4 Å². The number of rotatable bonds is 13. The number of pyridine rings is 1. The third-order valence-corrected chi connectivity index (χ3v) is 7.99. The van der Waals surface area contributed by atoms with Crippen molar-refractivity contribution in [2.24, 2.45) is 5.92 Å². The van der Waals surface area contributed by atoms with Gasteiger partial charge in [0.15, 0.2) is 0 Å². The van der Waals surface area contributed by atoms with Gasteiger partial charge in [0, 0.05) is 56.8 Å². The van der Waals surface area contributed by atoms with E-state index in [0.717, 1.165) is 62.1 Å². The number of carbonyl (C=O) groups excluding carboxylic acids is 1. The average molecular weight is 524 g/mol. The molecule has 2 aliphatic rings. The van der Waals surface area contributed by atoms with E-state index in [4.69, 9.17) is 4.74 Å². The Hall–Kier alpha value is -3.13. The Morgan fingerprint density at radius 3 is 2.55 bits per heavy atom. The van der Waals surface area contributed by atoms with Crippen LogP contribution in [0.5, 0.6) is 5.75 Å². The van der Waals surface area contributed by atoms with Crippen LogP contribution in [0.2, 0.25) is 0 Å². The summed E-state index contributed by atoms with van der Waals surface area (Å²) in [4.78, 5) is 42.6. The first-order chi connectivity index (χ1) is 18.4. The molecule has 8 nitrogen and oxygen atoms in total. The zero-order chi connectivity index (χ0) is 27.1.